The first-order valence-corrected chi connectivity index (χ1v) is 6.11. The fraction of sp³-hybridized carbons (Fsp3) is 0.462. The lowest BCUT2D eigenvalue weighted by Gasteiger charge is -2.16. The second-order valence-electron chi connectivity index (χ2n) is 4.70. The number of nitrogens with zero attached hydrogens (tertiary/aromatic N) is 4. The molecule has 0 radical (unpaired) electrons. The topological polar surface area (TPSA) is 55.6 Å². The Labute approximate surface area is 107 Å². The molecular weight excluding hydrogens is 226 g/mol. The van der Waals surface area contributed by atoms with Crippen molar-refractivity contribution in [3.63, 3.8) is 0 Å². The molecule has 0 saturated heterocycles. The average Bonchev–Trinajstić information content (AvgIpc) is 2.67. The summed E-state index contributed by atoms with van der Waals surface area (Å²) < 4.78 is 1.88. The van der Waals surface area contributed by atoms with Crippen LogP contribution in [-0.4, -0.2) is 26.8 Å². The average molecular weight is 245 g/mol. The molecule has 0 aromatic carbocycles. The first kappa shape index (κ1) is 12.5. The van der Waals surface area contributed by atoms with Crippen LogP contribution in [0.3, 0.4) is 0 Å². The predicted molar refractivity (Wildman–Crippen MR) is 72.3 cm³/mol. The highest BCUT2D eigenvalue weighted by Gasteiger charge is 2.17. The van der Waals surface area contributed by atoms with E-state index in [1.165, 1.54) is 0 Å². The number of anilines is 1. The van der Waals surface area contributed by atoms with Crippen molar-refractivity contribution >= 4 is 5.82 Å². The molecule has 0 amide bonds. The molecule has 0 unspecified atom stereocenters. The molecule has 96 valence electrons. The van der Waals surface area contributed by atoms with E-state index in [0.29, 0.717) is 5.92 Å². The van der Waals surface area contributed by atoms with Gasteiger partial charge < -0.3 is 5.32 Å². The second-order valence-corrected chi connectivity index (χ2v) is 4.70. The molecule has 2 aromatic heterocycles. The van der Waals surface area contributed by atoms with Crippen molar-refractivity contribution < 1.29 is 0 Å². The molecule has 2 aromatic rings. The lowest BCUT2D eigenvalue weighted by Crippen LogP contribution is -2.11. The Morgan fingerprint density at radius 1 is 1.22 bits per heavy atom. The molecule has 0 aliphatic rings. The van der Waals surface area contributed by atoms with Crippen molar-refractivity contribution in [3.05, 3.63) is 29.3 Å². The Morgan fingerprint density at radius 2 is 1.94 bits per heavy atom. The highest BCUT2D eigenvalue weighted by molar-refractivity contribution is 5.53. The van der Waals surface area contributed by atoms with Gasteiger partial charge in [0.1, 0.15) is 12.1 Å². The molecule has 2 heterocycles. The Hall–Kier alpha value is -1.91. The predicted octanol–water partition coefficient (Wildman–Crippen LogP) is 2.44. The summed E-state index contributed by atoms with van der Waals surface area (Å²) in [4.78, 5) is 8.68. The van der Waals surface area contributed by atoms with E-state index in [1.807, 2.05) is 31.6 Å². The summed E-state index contributed by atoms with van der Waals surface area (Å²) in [5.41, 5.74) is 3.16. The highest BCUT2D eigenvalue weighted by atomic mass is 15.3. The number of rotatable bonds is 3. The molecule has 2 rings (SSSR count). The summed E-state index contributed by atoms with van der Waals surface area (Å²) in [6.07, 6.45) is 1.57. The van der Waals surface area contributed by atoms with E-state index in [2.05, 4.69) is 34.2 Å². The van der Waals surface area contributed by atoms with Gasteiger partial charge in [-0.25, -0.2) is 14.6 Å². The maximum atomic E-state index is 4.50. The Balaban J connectivity index is 2.67. The molecule has 0 aliphatic carbocycles. The minimum Gasteiger partial charge on any atom is -0.373 e. The van der Waals surface area contributed by atoms with Gasteiger partial charge in [-0.15, -0.1) is 0 Å². The zero-order chi connectivity index (χ0) is 13.3. The molecule has 0 spiro atoms. The quantitative estimate of drug-likeness (QED) is 0.902. The molecule has 0 atom stereocenters. The number of aromatic nitrogens is 4. The third-order valence-electron chi connectivity index (χ3n) is 2.89. The van der Waals surface area contributed by atoms with Gasteiger partial charge in [0.05, 0.1) is 5.69 Å². The lowest BCUT2D eigenvalue weighted by atomic mass is 10.0. The van der Waals surface area contributed by atoms with Gasteiger partial charge in [0, 0.05) is 18.3 Å². The molecule has 0 saturated carbocycles. The van der Waals surface area contributed by atoms with Crippen LogP contribution in [0.2, 0.25) is 0 Å². The largest absolute Gasteiger partial charge is 0.373 e. The van der Waals surface area contributed by atoms with Crippen molar-refractivity contribution in [2.75, 3.05) is 12.4 Å². The minimum atomic E-state index is 0.326. The van der Waals surface area contributed by atoms with E-state index in [9.17, 15) is 0 Å². The van der Waals surface area contributed by atoms with Crippen molar-refractivity contribution in [2.24, 2.45) is 0 Å². The van der Waals surface area contributed by atoms with Crippen molar-refractivity contribution in [3.8, 4) is 5.82 Å². The van der Waals surface area contributed by atoms with Crippen molar-refractivity contribution in [1.29, 1.82) is 0 Å². The van der Waals surface area contributed by atoms with Crippen LogP contribution in [0.4, 0.5) is 5.82 Å². The normalized spacial score (nSPS) is 11.0. The zero-order valence-electron chi connectivity index (χ0n) is 11.5. The van der Waals surface area contributed by atoms with E-state index in [1.54, 1.807) is 6.33 Å². The summed E-state index contributed by atoms with van der Waals surface area (Å²) >= 11 is 0. The van der Waals surface area contributed by atoms with Crippen LogP contribution < -0.4 is 5.32 Å². The Kier molecular flexibility index (Phi) is 3.32. The first-order chi connectivity index (χ1) is 8.54. The molecule has 1 N–H and O–H groups in total. The van der Waals surface area contributed by atoms with Crippen molar-refractivity contribution in [2.45, 2.75) is 33.6 Å². The maximum absolute atomic E-state index is 4.50. The van der Waals surface area contributed by atoms with Gasteiger partial charge in [0.25, 0.3) is 0 Å². The molecule has 5 heteroatoms. The van der Waals surface area contributed by atoms with E-state index in [0.717, 1.165) is 28.6 Å². The van der Waals surface area contributed by atoms with E-state index in [-0.39, 0.29) is 0 Å². The SMILES string of the molecule is CNc1ncnc(-n2nc(C)cc2C)c1C(C)C. The third-order valence-corrected chi connectivity index (χ3v) is 2.89. The van der Waals surface area contributed by atoms with Crippen LogP contribution in [-0.2, 0) is 0 Å². The monoisotopic (exact) mass is 245 g/mol. The first-order valence-electron chi connectivity index (χ1n) is 6.11. The molecular formula is C13H19N5. The van der Waals surface area contributed by atoms with Crippen LogP contribution >= 0.6 is 0 Å². The van der Waals surface area contributed by atoms with Gasteiger partial charge in [-0.2, -0.15) is 5.10 Å². The van der Waals surface area contributed by atoms with Crippen LogP contribution in [0.15, 0.2) is 12.4 Å². The third kappa shape index (κ3) is 2.08. The maximum Gasteiger partial charge on any atom is 0.162 e. The Bertz CT molecular complexity index is 557. The molecule has 18 heavy (non-hydrogen) atoms. The summed E-state index contributed by atoms with van der Waals surface area (Å²) in [6.45, 7) is 8.29. The summed E-state index contributed by atoms with van der Waals surface area (Å²) in [6, 6.07) is 2.05. The molecule has 0 aliphatic heterocycles. The Morgan fingerprint density at radius 3 is 2.44 bits per heavy atom. The fourth-order valence-electron chi connectivity index (χ4n) is 2.13. The van der Waals surface area contributed by atoms with Gasteiger partial charge in [0.2, 0.25) is 0 Å². The zero-order valence-corrected chi connectivity index (χ0v) is 11.5. The van der Waals surface area contributed by atoms with Gasteiger partial charge in [-0.1, -0.05) is 13.8 Å². The van der Waals surface area contributed by atoms with Crippen molar-refractivity contribution in [1.82, 2.24) is 19.7 Å². The number of hydrogen-bond donors (Lipinski definition) is 1. The summed E-state index contributed by atoms with van der Waals surface area (Å²) in [7, 11) is 1.87. The fourth-order valence-corrected chi connectivity index (χ4v) is 2.13. The highest BCUT2D eigenvalue weighted by Crippen LogP contribution is 2.27. The lowest BCUT2D eigenvalue weighted by molar-refractivity contribution is 0.754. The number of hydrogen-bond acceptors (Lipinski definition) is 4. The van der Waals surface area contributed by atoms with E-state index >= 15 is 0 Å². The summed E-state index contributed by atoms with van der Waals surface area (Å²) in [5.74, 6) is 2.05. The van der Waals surface area contributed by atoms with Crippen LogP contribution in [0.1, 0.15) is 36.7 Å². The van der Waals surface area contributed by atoms with Gasteiger partial charge in [0.15, 0.2) is 5.82 Å². The van der Waals surface area contributed by atoms with E-state index in [4.69, 9.17) is 0 Å². The van der Waals surface area contributed by atoms with Gasteiger partial charge >= 0.3 is 0 Å². The molecule has 5 nitrogen and oxygen atoms in total. The standard InChI is InChI=1S/C13H19N5/c1-8(2)11-12(14-5)15-7-16-13(11)18-10(4)6-9(3)17-18/h6-8H,1-5H3,(H,14,15,16). The summed E-state index contributed by atoms with van der Waals surface area (Å²) in [5, 5.41) is 7.62. The smallest absolute Gasteiger partial charge is 0.162 e. The molecule has 0 fully saturated rings. The van der Waals surface area contributed by atoms with Crippen LogP contribution in [0.5, 0.6) is 0 Å². The van der Waals surface area contributed by atoms with E-state index < -0.39 is 0 Å². The number of nitrogens with one attached hydrogen (secondary N) is 1. The minimum absolute atomic E-state index is 0.326. The van der Waals surface area contributed by atoms with Crippen LogP contribution in [0, 0.1) is 13.8 Å². The van der Waals surface area contributed by atoms with Gasteiger partial charge in [-0.05, 0) is 25.8 Å². The van der Waals surface area contributed by atoms with Gasteiger partial charge in [-0.3, -0.25) is 0 Å². The molecule has 0 bridgehead atoms. The van der Waals surface area contributed by atoms with Crippen LogP contribution in [0.25, 0.3) is 5.82 Å². The second kappa shape index (κ2) is 4.76. The number of aryl methyl sites for hydroxylation is 2.